The molecule has 0 bridgehead atoms. The highest BCUT2D eigenvalue weighted by Gasteiger charge is 2.19. The van der Waals surface area contributed by atoms with Gasteiger partial charge in [0, 0.05) is 13.1 Å². The van der Waals surface area contributed by atoms with Crippen LogP contribution in [0.4, 0.5) is 0 Å². The molecule has 0 radical (unpaired) electrons. The highest BCUT2D eigenvalue weighted by atomic mass is 35.5. The van der Waals surface area contributed by atoms with Crippen LogP contribution < -0.4 is 5.73 Å². The largest absolute Gasteiger partial charge is 0.370 e. The molecule has 70 valence electrons. The van der Waals surface area contributed by atoms with Crippen molar-refractivity contribution in [2.75, 3.05) is 6.54 Å². The van der Waals surface area contributed by atoms with Gasteiger partial charge in [-0.05, 0) is 0 Å². The molecule has 3 N–H and O–H groups in total. The van der Waals surface area contributed by atoms with E-state index in [1.807, 2.05) is 4.57 Å². The third-order valence-corrected chi connectivity index (χ3v) is 2.46. The number of aromatic nitrogens is 2. The summed E-state index contributed by atoms with van der Waals surface area (Å²) in [7, 11) is 0. The van der Waals surface area contributed by atoms with Gasteiger partial charge >= 0.3 is 0 Å². The molecule has 0 fully saturated rings. The van der Waals surface area contributed by atoms with Crippen molar-refractivity contribution >= 4 is 17.6 Å². The summed E-state index contributed by atoms with van der Waals surface area (Å²) in [6.45, 7) is 2.04. The SMILES string of the molecule is N=C(N)N1CCn2c(Cl)cnc2C1. The average Bonchev–Trinajstić information content (AvgIpc) is 2.47. The number of fused-ring (bicyclic) bond motifs is 1. The fourth-order valence-corrected chi connectivity index (χ4v) is 1.66. The highest BCUT2D eigenvalue weighted by molar-refractivity contribution is 6.29. The van der Waals surface area contributed by atoms with E-state index in [1.165, 1.54) is 0 Å². The molecule has 0 saturated carbocycles. The third kappa shape index (κ3) is 1.35. The quantitative estimate of drug-likeness (QED) is 0.465. The van der Waals surface area contributed by atoms with Gasteiger partial charge in [0.1, 0.15) is 11.0 Å². The van der Waals surface area contributed by atoms with Crippen LogP contribution in [-0.4, -0.2) is 27.0 Å². The summed E-state index contributed by atoms with van der Waals surface area (Å²) >= 11 is 5.88. The molecule has 0 unspecified atom stereocenters. The monoisotopic (exact) mass is 199 g/mol. The first-order valence-electron chi connectivity index (χ1n) is 3.97. The Kier molecular flexibility index (Phi) is 1.88. The maximum absolute atomic E-state index is 7.27. The Morgan fingerprint density at radius 2 is 2.38 bits per heavy atom. The van der Waals surface area contributed by atoms with Crippen molar-refractivity contribution in [3.8, 4) is 0 Å². The van der Waals surface area contributed by atoms with E-state index >= 15 is 0 Å². The van der Waals surface area contributed by atoms with E-state index in [0.29, 0.717) is 11.7 Å². The van der Waals surface area contributed by atoms with Crippen LogP contribution in [0.3, 0.4) is 0 Å². The third-order valence-electron chi connectivity index (χ3n) is 2.16. The molecule has 5 nitrogen and oxygen atoms in total. The lowest BCUT2D eigenvalue weighted by Crippen LogP contribution is -2.42. The molecule has 0 saturated heterocycles. The number of nitrogens with one attached hydrogen (secondary N) is 1. The van der Waals surface area contributed by atoms with Gasteiger partial charge in [0.15, 0.2) is 5.96 Å². The molecule has 1 aromatic heterocycles. The Bertz CT molecular complexity index is 345. The number of hydrogen-bond donors (Lipinski definition) is 2. The van der Waals surface area contributed by atoms with Crippen molar-refractivity contribution in [3.05, 3.63) is 17.2 Å². The number of nitrogens with zero attached hydrogens (tertiary/aromatic N) is 3. The summed E-state index contributed by atoms with van der Waals surface area (Å²) in [4.78, 5) is 5.89. The van der Waals surface area contributed by atoms with E-state index in [0.717, 1.165) is 18.9 Å². The Morgan fingerprint density at radius 3 is 3.08 bits per heavy atom. The number of halogens is 1. The van der Waals surface area contributed by atoms with E-state index in [-0.39, 0.29) is 5.96 Å². The number of rotatable bonds is 0. The number of imidazole rings is 1. The lowest BCUT2D eigenvalue weighted by Gasteiger charge is -2.27. The minimum atomic E-state index is 0.0883. The fraction of sp³-hybridized carbons (Fsp3) is 0.429. The molecule has 2 heterocycles. The Labute approximate surface area is 80.6 Å². The summed E-state index contributed by atoms with van der Waals surface area (Å²) in [6.07, 6.45) is 1.63. The maximum Gasteiger partial charge on any atom is 0.188 e. The highest BCUT2D eigenvalue weighted by Crippen LogP contribution is 2.16. The molecule has 2 rings (SSSR count). The van der Waals surface area contributed by atoms with Gasteiger partial charge in [0.05, 0.1) is 12.7 Å². The van der Waals surface area contributed by atoms with Gasteiger partial charge in [-0.3, -0.25) is 5.41 Å². The Balaban J connectivity index is 2.25. The molecule has 0 aromatic carbocycles. The van der Waals surface area contributed by atoms with Crippen LogP contribution in [0.1, 0.15) is 5.82 Å². The maximum atomic E-state index is 7.27. The van der Waals surface area contributed by atoms with Gasteiger partial charge in [-0.2, -0.15) is 0 Å². The van der Waals surface area contributed by atoms with Gasteiger partial charge in [0.2, 0.25) is 0 Å². The molecule has 0 aliphatic carbocycles. The molecule has 0 amide bonds. The van der Waals surface area contributed by atoms with E-state index < -0.39 is 0 Å². The zero-order chi connectivity index (χ0) is 9.42. The van der Waals surface area contributed by atoms with E-state index in [9.17, 15) is 0 Å². The normalized spacial score (nSPS) is 15.6. The molecule has 0 atom stereocenters. The van der Waals surface area contributed by atoms with Gasteiger partial charge in [-0.15, -0.1) is 0 Å². The fourth-order valence-electron chi connectivity index (χ4n) is 1.43. The second-order valence-electron chi connectivity index (χ2n) is 2.96. The summed E-state index contributed by atoms with van der Waals surface area (Å²) in [5, 5.41) is 7.92. The van der Waals surface area contributed by atoms with Crippen LogP contribution in [0.2, 0.25) is 5.15 Å². The second-order valence-corrected chi connectivity index (χ2v) is 3.34. The first-order chi connectivity index (χ1) is 6.18. The van der Waals surface area contributed by atoms with Crippen molar-refractivity contribution in [1.29, 1.82) is 5.41 Å². The number of guanidine groups is 1. The lowest BCUT2D eigenvalue weighted by atomic mass is 10.4. The number of nitrogens with two attached hydrogens (primary N) is 1. The molecule has 13 heavy (non-hydrogen) atoms. The average molecular weight is 200 g/mol. The second kappa shape index (κ2) is 2.92. The topological polar surface area (TPSA) is 70.9 Å². The number of hydrogen-bond acceptors (Lipinski definition) is 2. The Morgan fingerprint density at radius 1 is 1.62 bits per heavy atom. The first-order valence-corrected chi connectivity index (χ1v) is 4.35. The van der Waals surface area contributed by atoms with Crippen LogP contribution in [0.5, 0.6) is 0 Å². The zero-order valence-electron chi connectivity index (χ0n) is 7.00. The zero-order valence-corrected chi connectivity index (χ0v) is 7.75. The van der Waals surface area contributed by atoms with Crippen molar-refractivity contribution in [2.24, 2.45) is 5.73 Å². The van der Waals surface area contributed by atoms with Crippen molar-refractivity contribution in [1.82, 2.24) is 14.5 Å². The van der Waals surface area contributed by atoms with Crippen LogP contribution in [0.25, 0.3) is 0 Å². The van der Waals surface area contributed by atoms with Gasteiger partial charge in [0.25, 0.3) is 0 Å². The van der Waals surface area contributed by atoms with Crippen LogP contribution in [0.15, 0.2) is 6.20 Å². The van der Waals surface area contributed by atoms with E-state index in [1.54, 1.807) is 11.1 Å². The predicted molar refractivity (Wildman–Crippen MR) is 49.6 cm³/mol. The summed E-state index contributed by atoms with van der Waals surface area (Å²) in [5.41, 5.74) is 5.37. The van der Waals surface area contributed by atoms with Crippen LogP contribution in [-0.2, 0) is 13.1 Å². The van der Waals surface area contributed by atoms with Crippen molar-refractivity contribution in [3.63, 3.8) is 0 Å². The van der Waals surface area contributed by atoms with E-state index in [2.05, 4.69) is 4.98 Å². The summed E-state index contributed by atoms with van der Waals surface area (Å²) < 4.78 is 1.93. The van der Waals surface area contributed by atoms with Gasteiger partial charge in [-0.1, -0.05) is 11.6 Å². The smallest absolute Gasteiger partial charge is 0.188 e. The standard InChI is InChI=1S/C7H10ClN5/c8-5-3-11-6-4-12(7(9)10)1-2-13(5)6/h3H,1-2,4H2,(H3,9,10). The predicted octanol–water partition coefficient (Wildman–Crippen LogP) is 0.246. The van der Waals surface area contributed by atoms with Gasteiger partial charge in [-0.25, -0.2) is 4.98 Å². The van der Waals surface area contributed by atoms with Crippen molar-refractivity contribution in [2.45, 2.75) is 13.1 Å². The molecule has 1 aliphatic heterocycles. The first kappa shape index (κ1) is 8.37. The van der Waals surface area contributed by atoms with Crippen molar-refractivity contribution < 1.29 is 0 Å². The molecule has 0 spiro atoms. The molecular formula is C7H10ClN5. The van der Waals surface area contributed by atoms with Crippen LogP contribution >= 0.6 is 11.6 Å². The van der Waals surface area contributed by atoms with Crippen LogP contribution in [0, 0.1) is 5.41 Å². The molecule has 1 aromatic rings. The minimum Gasteiger partial charge on any atom is -0.370 e. The molecule has 1 aliphatic rings. The lowest BCUT2D eigenvalue weighted by molar-refractivity contribution is 0.325. The van der Waals surface area contributed by atoms with E-state index in [4.69, 9.17) is 22.7 Å². The molecule has 6 heteroatoms. The summed E-state index contributed by atoms with van der Waals surface area (Å²) in [5.74, 6) is 0.955. The minimum absolute atomic E-state index is 0.0883. The Hall–Kier alpha value is -1.23. The van der Waals surface area contributed by atoms with Gasteiger partial charge < -0.3 is 15.2 Å². The molecular weight excluding hydrogens is 190 g/mol. The summed E-state index contributed by atoms with van der Waals surface area (Å²) in [6, 6.07) is 0.